The highest BCUT2D eigenvalue weighted by Crippen LogP contribution is 2.32. The van der Waals surface area contributed by atoms with Crippen molar-refractivity contribution >= 4 is 21.6 Å². The second kappa shape index (κ2) is 8.73. The molecule has 0 bridgehead atoms. The normalized spacial score (nSPS) is 20.3. The molecule has 166 valence electrons. The minimum atomic E-state index is -3.51. The third-order valence-corrected chi connectivity index (χ3v) is 8.26. The first-order chi connectivity index (χ1) is 14.8. The number of carbonyl (C=O) groups is 1. The molecule has 0 unspecified atom stereocenters. The molecule has 7 heteroatoms. The summed E-state index contributed by atoms with van der Waals surface area (Å²) in [6.45, 7) is 8.47. The van der Waals surface area contributed by atoms with Gasteiger partial charge in [0.2, 0.25) is 15.9 Å². The lowest BCUT2D eigenvalue weighted by molar-refractivity contribution is -0.120. The fourth-order valence-corrected chi connectivity index (χ4v) is 5.94. The van der Waals surface area contributed by atoms with Gasteiger partial charge in [-0.25, -0.2) is 8.42 Å². The van der Waals surface area contributed by atoms with Gasteiger partial charge >= 0.3 is 0 Å². The fraction of sp³-hybridized carbons (Fsp3) is 0.458. The van der Waals surface area contributed by atoms with Crippen LogP contribution in [0.2, 0.25) is 0 Å². The number of nitrogens with zero attached hydrogens (tertiary/aromatic N) is 3. The molecule has 1 saturated heterocycles. The highest BCUT2D eigenvalue weighted by atomic mass is 32.2. The maximum absolute atomic E-state index is 13.0. The molecule has 4 rings (SSSR count). The lowest BCUT2D eigenvalue weighted by Gasteiger charge is -2.35. The summed E-state index contributed by atoms with van der Waals surface area (Å²) in [4.78, 5) is 17.3. The van der Waals surface area contributed by atoms with Crippen LogP contribution in [0.25, 0.3) is 0 Å². The Labute approximate surface area is 185 Å². The van der Waals surface area contributed by atoms with Crippen molar-refractivity contribution in [3.8, 4) is 0 Å². The van der Waals surface area contributed by atoms with Crippen molar-refractivity contribution in [1.29, 1.82) is 0 Å². The van der Waals surface area contributed by atoms with Crippen LogP contribution < -0.4 is 4.90 Å². The molecule has 2 aliphatic rings. The molecule has 0 aliphatic carbocycles. The van der Waals surface area contributed by atoms with Crippen LogP contribution in [0.15, 0.2) is 53.4 Å². The molecule has 1 amide bonds. The van der Waals surface area contributed by atoms with Gasteiger partial charge in [-0.05, 0) is 48.6 Å². The third-order valence-electron chi connectivity index (χ3n) is 6.35. The van der Waals surface area contributed by atoms with Gasteiger partial charge in [-0.3, -0.25) is 9.69 Å². The predicted molar refractivity (Wildman–Crippen MR) is 123 cm³/mol. The zero-order chi connectivity index (χ0) is 22.2. The van der Waals surface area contributed by atoms with E-state index < -0.39 is 10.0 Å². The lowest BCUT2D eigenvalue weighted by atomic mass is 10.0. The molecule has 6 nitrogen and oxygen atoms in total. The van der Waals surface area contributed by atoms with Gasteiger partial charge in [0.05, 0.1) is 11.4 Å². The molecule has 2 aliphatic heterocycles. The Balaban J connectivity index is 1.37. The number of amides is 1. The summed E-state index contributed by atoms with van der Waals surface area (Å²) in [6, 6.07) is 15.4. The summed E-state index contributed by atoms with van der Waals surface area (Å²) in [7, 11) is -3.51. The zero-order valence-electron chi connectivity index (χ0n) is 18.5. The number of fused-ring (bicyclic) bond motifs is 1. The fourth-order valence-electron chi connectivity index (χ4n) is 4.51. The summed E-state index contributed by atoms with van der Waals surface area (Å²) in [6.07, 6.45) is 0.879. The smallest absolute Gasteiger partial charge is 0.243 e. The summed E-state index contributed by atoms with van der Waals surface area (Å²) in [5.41, 5.74) is 3.34. The predicted octanol–water partition coefficient (Wildman–Crippen LogP) is 3.09. The number of para-hydroxylation sites is 1. The van der Waals surface area contributed by atoms with Gasteiger partial charge in [0.25, 0.3) is 0 Å². The molecule has 2 aromatic carbocycles. The van der Waals surface area contributed by atoms with Gasteiger partial charge < -0.3 is 4.90 Å². The molecule has 0 N–H and O–H groups in total. The first-order valence-electron chi connectivity index (χ1n) is 11.0. The Bertz CT molecular complexity index is 1040. The number of hydrogen-bond acceptors (Lipinski definition) is 4. The highest BCUT2D eigenvalue weighted by Gasteiger charge is 2.33. The van der Waals surface area contributed by atoms with Crippen LogP contribution in [0.5, 0.6) is 0 Å². The first-order valence-corrected chi connectivity index (χ1v) is 12.4. The van der Waals surface area contributed by atoms with E-state index in [4.69, 9.17) is 0 Å². The number of hydrogen-bond donors (Lipinski definition) is 0. The largest absolute Gasteiger partial charge is 0.308 e. The van der Waals surface area contributed by atoms with Crippen molar-refractivity contribution in [3.05, 3.63) is 59.7 Å². The number of anilines is 1. The molecule has 1 fully saturated rings. The van der Waals surface area contributed by atoms with Crippen molar-refractivity contribution in [2.45, 2.75) is 44.0 Å². The molecular weight excluding hydrogens is 410 g/mol. The summed E-state index contributed by atoms with van der Waals surface area (Å²) in [5.74, 6) is 0.446. The van der Waals surface area contributed by atoms with Crippen molar-refractivity contribution < 1.29 is 13.2 Å². The summed E-state index contributed by atoms with van der Waals surface area (Å²) < 4.78 is 27.6. The standard InChI is InChI=1S/C24H31N3O3S/c1-18(2)20-8-10-22(11-9-20)31(29,30)26-14-12-25(13-15-26)17-24(28)27-19(3)16-21-6-4-5-7-23(21)27/h4-11,18-19H,12-17H2,1-3H3/t19-/m0/s1. The number of sulfonamides is 1. The first kappa shape index (κ1) is 22.0. The number of benzene rings is 2. The summed E-state index contributed by atoms with van der Waals surface area (Å²) in [5, 5.41) is 0. The van der Waals surface area contributed by atoms with Crippen LogP contribution in [0.3, 0.4) is 0 Å². The molecule has 0 saturated carbocycles. The van der Waals surface area contributed by atoms with E-state index in [1.54, 1.807) is 12.1 Å². The molecule has 1 atom stereocenters. The third kappa shape index (κ3) is 4.40. The van der Waals surface area contributed by atoms with E-state index in [2.05, 4.69) is 31.7 Å². The van der Waals surface area contributed by atoms with Crippen LogP contribution >= 0.6 is 0 Å². The van der Waals surface area contributed by atoms with E-state index >= 15 is 0 Å². The van der Waals surface area contributed by atoms with Gasteiger partial charge in [0.15, 0.2) is 0 Å². The van der Waals surface area contributed by atoms with E-state index in [-0.39, 0.29) is 11.9 Å². The van der Waals surface area contributed by atoms with Gasteiger partial charge in [0, 0.05) is 37.9 Å². The van der Waals surface area contributed by atoms with E-state index in [1.807, 2.05) is 35.2 Å². The quantitative estimate of drug-likeness (QED) is 0.715. The van der Waals surface area contributed by atoms with Gasteiger partial charge in [-0.15, -0.1) is 0 Å². The minimum absolute atomic E-state index is 0.0815. The van der Waals surface area contributed by atoms with Crippen LogP contribution in [-0.2, 0) is 21.2 Å². The lowest BCUT2D eigenvalue weighted by Crippen LogP contribution is -2.52. The van der Waals surface area contributed by atoms with Crippen LogP contribution in [0.1, 0.15) is 37.8 Å². The number of rotatable bonds is 5. The minimum Gasteiger partial charge on any atom is -0.308 e. The molecule has 0 aromatic heterocycles. The Morgan fingerprint density at radius 3 is 2.29 bits per heavy atom. The molecular formula is C24H31N3O3S. The van der Waals surface area contributed by atoms with Crippen LogP contribution in [0.4, 0.5) is 5.69 Å². The SMILES string of the molecule is CC(C)c1ccc(S(=O)(=O)N2CCN(CC(=O)N3c4ccccc4C[C@@H]3C)CC2)cc1. The Morgan fingerprint density at radius 2 is 1.65 bits per heavy atom. The van der Waals surface area contributed by atoms with Gasteiger partial charge in [-0.2, -0.15) is 4.31 Å². The number of carbonyl (C=O) groups excluding carboxylic acids is 1. The average molecular weight is 442 g/mol. The van der Waals surface area contributed by atoms with E-state index in [0.717, 1.165) is 17.7 Å². The average Bonchev–Trinajstić information content (AvgIpc) is 3.10. The monoisotopic (exact) mass is 441 g/mol. The van der Waals surface area contributed by atoms with Crippen LogP contribution in [0, 0.1) is 0 Å². The van der Waals surface area contributed by atoms with E-state index in [9.17, 15) is 13.2 Å². The summed E-state index contributed by atoms with van der Waals surface area (Å²) >= 11 is 0. The van der Waals surface area contributed by atoms with E-state index in [1.165, 1.54) is 9.87 Å². The Morgan fingerprint density at radius 1 is 1.00 bits per heavy atom. The van der Waals surface area contributed by atoms with Crippen molar-refractivity contribution in [2.75, 3.05) is 37.6 Å². The second-order valence-corrected chi connectivity index (χ2v) is 10.8. The van der Waals surface area contributed by atoms with Gasteiger partial charge in [0.1, 0.15) is 0 Å². The van der Waals surface area contributed by atoms with Crippen LogP contribution in [-0.4, -0.2) is 62.3 Å². The van der Waals surface area contributed by atoms with Crippen molar-refractivity contribution in [3.63, 3.8) is 0 Å². The maximum Gasteiger partial charge on any atom is 0.243 e. The Hall–Kier alpha value is -2.22. The molecule has 0 spiro atoms. The Kier molecular flexibility index (Phi) is 6.19. The highest BCUT2D eigenvalue weighted by molar-refractivity contribution is 7.89. The molecule has 31 heavy (non-hydrogen) atoms. The molecule has 2 heterocycles. The van der Waals surface area contributed by atoms with Crippen molar-refractivity contribution in [1.82, 2.24) is 9.21 Å². The second-order valence-electron chi connectivity index (χ2n) is 8.85. The molecule has 0 radical (unpaired) electrons. The zero-order valence-corrected chi connectivity index (χ0v) is 19.3. The van der Waals surface area contributed by atoms with Crippen molar-refractivity contribution in [2.24, 2.45) is 0 Å². The van der Waals surface area contributed by atoms with Gasteiger partial charge in [-0.1, -0.05) is 44.2 Å². The van der Waals surface area contributed by atoms with E-state index in [0.29, 0.717) is 43.5 Å². The molecule has 2 aromatic rings. The number of piperazine rings is 1. The topological polar surface area (TPSA) is 60.9 Å². The maximum atomic E-state index is 13.0.